The Balaban J connectivity index is 0.00000280. The van der Waals surface area contributed by atoms with Crippen molar-refractivity contribution in [3.05, 3.63) is 71.8 Å². The predicted octanol–water partition coefficient (Wildman–Crippen LogP) is 3.00. The lowest BCUT2D eigenvalue weighted by Crippen LogP contribution is -3.00. The van der Waals surface area contributed by atoms with Crippen LogP contribution < -0.4 is 12.4 Å². The number of quaternary nitrogens is 1. The largest absolute Gasteiger partial charge is 1.00 e. The molecule has 0 aliphatic carbocycles. The summed E-state index contributed by atoms with van der Waals surface area (Å²) in [5.74, 6) is 0. The highest BCUT2D eigenvalue weighted by Gasteiger charge is 2.54. The van der Waals surface area contributed by atoms with Gasteiger partial charge in [-0.3, -0.25) is 0 Å². The van der Waals surface area contributed by atoms with Crippen molar-refractivity contribution in [2.24, 2.45) is 0 Å². The van der Waals surface area contributed by atoms with Crippen molar-refractivity contribution in [3.63, 3.8) is 0 Å². The summed E-state index contributed by atoms with van der Waals surface area (Å²) in [4.78, 5) is 0. The van der Waals surface area contributed by atoms with Gasteiger partial charge in [-0.2, -0.15) is 0 Å². The summed E-state index contributed by atoms with van der Waals surface area (Å²) in [6.45, 7) is 16.1. The van der Waals surface area contributed by atoms with E-state index in [-0.39, 0.29) is 17.4 Å². The Morgan fingerprint density at radius 3 is 1.79 bits per heavy atom. The molecule has 154 valence electrons. The van der Waals surface area contributed by atoms with E-state index in [1.165, 1.54) is 28.6 Å². The van der Waals surface area contributed by atoms with E-state index in [1.54, 1.807) is 0 Å². The lowest BCUT2D eigenvalue weighted by atomic mass is 10.1. The summed E-state index contributed by atoms with van der Waals surface area (Å²) in [5.41, 5.74) is 2.89. The summed E-state index contributed by atoms with van der Waals surface area (Å²) >= 11 is 0. The number of hydrogen-bond donors (Lipinski definition) is 0. The Hall–Kier alpha value is -1.13. The summed E-state index contributed by atoms with van der Waals surface area (Å²) in [6, 6.07) is 22.7. The Morgan fingerprint density at radius 2 is 1.36 bits per heavy atom. The molecule has 0 amide bonds. The zero-order chi connectivity index (χ0) is 19.5. The minimum Gasteiger partial charge on any atom is -1.00 e. The highest BCUT2D eigenvalue weighted by Crippen LogP contribution is 2.40. The van der Waals surface area contributed by atoms with Gasteiger partial charge in [-0.25, -0.2) is 0 Å². The molecule has 3 rings (SSSR count). The Kier molecular flexibility index (Phi) is 7.54. The first-order chi connectivity index (χ1) is 12.7. The van der Waals surface area contributed by atoms with Gasteiger partial charge in [-0.05, 0) is 18.1 Å². The van der Waals surface area contributed by atoms with Gasteiger partial charge >= 0.3 is 0 Å². The average molecular weight is 418 g/mol. The number of hydrogen-bond acceptors (Lipinski definition) is 1. The van der Waals surface area contributed by atoms with Crippen molar-refractivity contribution in [3.8, 4) is 0 Å². The number of benzene rings is 2. The Morgan fingerprint density at radius 1 is 0.893 bits per heavy atom. The summed E-state index contributed by atoms with van der Waals surface area (Å²) < 4.78 is 7.64. The second-order valence-corrected chi connectivity index (χ2v) is 14.5. The Bertz CT molecular complexity index is 686. The number of nitrogens with zero attached hydrogens (tertiary/aromatic N) is 1. The molecule has 0 N–H and O–H groups in total. The van der Waals surface area contributed by atoms with Crippen LogP contribution in [0.3, 0.4) is 0 Å². The molecule has 2 aromatic rings. The lowest BCUT2D eigenvalue weighted by Gasteiger charge is -2.36. The second kappa shape index (κ2) is 9.13. The van der Waals surface area contributed by atoms with E-state index < -0.39 is 8.32 Å². The third kappa shape index (κ3) is 5.70. The van der Waals surface area contributed by atoms with Gasteiger partial charge in [0.05, 0.1) is 0 Å². The monoisotopic (exact) mass is 417 g/mol. The van der Waals surface area contributed by atoms with Crippen LogP contribution in [0.5, 0.6) is 0 Å². The molecule has 0 bridgehead atoms. The van der Waals surface area contributed by atoms with Gasteiger partial charge in [0.25, 0.3) is 0 Å². The van der Waals surface area contributed by atoms with Gasteiger partial charge in [0.15, 0.2) is 8.32 Å². The van der Waals surface area contributed by atoms with E-state index in [9.17, 15) is 0 Å². The molecule has 2 nitrogen and oxygen atoms in total. The maximum atomic E-state index is 6.47. The van der Waals surface area contributed by atoms with Crippen LogP contribution >= 0.6 is 0 Å². The minimum absolute atomic E-state index is 0. The molecule has 0 unspecified atom stereocenters. The molecular formula is C24H36ClNOSi. The molecule has 0 radical (unpaired) electrons. The van der Waals surface area contributed by atoms with E-state index >= 15 is 0 Å². The molecule has 1 aliphatic rings. The van der Waals surface area contributed by atoms with Crippen LogP contribution in [0, 0.1) is 0 Å². The topological polar surface area (TPSA) is 9.23 Å². The smallest absolute Gasteiger partial charge is 0.191 e. The molecule has 0 spiro atoms. The fourth-order valence-corrected chi connectivity index (χ4v) is 4.80. The molecule has 2 aromatic carbocycles. The maximum absolute atomic E-state index is 6.47. The lowest BCUT2D eigenvalue weighted by molar-refractivity contribution is -0.842. The van der Waals surface area contributed by atoms with E-state index in [4.69, 9.17) is 4.43 Å². The van der Waals surface area contributed by atoms with E-state index in [2.05, 4.69) is 94.5 Å². The summed E-state index contributed by atoms with van der Waals surface area (Å²) in [6.07, 6.45) is 1.17. The van der Waals surface area contributed by atoms with Crippen molar-refractivity contribution in [2.75, 3.05) is 13.2 Å². The predicted molar refractivity (Wildman–Crippen MR) is 117 cm³/mol. The fourth-order valence-electron chi connectivity index (χ4n) is 3.74. The third-order valence-electron chi connectivity index (χ3n) is 6.62. The third-order valence-corrected chi connectivity index (χ3v) is 11.2. The summed E-state index contributed by atoms with van der Waals surface area (Å²) in [7, 11) is -1.65. The van der Waals surface area contributed by atoms with Crippen LogP contribution in [-0.2, 0) is 17.5 Å². The molecule has 0 aromatic heterocycles. The minimum atomic E-state index is -1.65. The van der Waals surface area contributed by atoms with Gasteiger partial charge in [0.2, 0.25) is 0 Å². The van der Waals surface area contributed by atoms with Crippen molar-refractivity contribution in [1.29, 1.82) is 0 Å². The first-order valence-corrected chi connectivity index (χ1v) is 13.2. The van der Waals surface area contributed by atoms with Crippen LogP contribution in [0.4, 0.5) is 0 Å². The average Bonchev–Trinajstić information content (AvgIpc) is 3.27. The molecule has 0 saturated carbocycles. The van der Waals surface area contributed by atoms with E-state index in [0.29, 0.717) is 0 Å². The van der Waals surface area contributed by atoms with Gasteiger partial charge in [0, 0.05) is 24.2 Å². The molecule has 4 heteroatoms. The van der Waals surface area contributed by atoms with Crippen LogP contribution in [0.2, 0.25) is 18.1 Å². The fraction of sp³-hybridized carbons (Fsp3) is 0.500. The van der Waals surface area contributed by atoms with Crippen LogP contribution in [0.25, 0.3) is 0 Å². The van der Waals surface area contributed by atoms with Crippen LogP contribution in [0.15, 0.2) is 60.7 Å². The van der Waals surface area contributed by atoms with Gasteiger partial charge < -0.3 is 21.3 Å². The normalized spacial score (nSPS) is 18.4. The molecule has 1 heterocycles. The van der Waals surface area contributed by atoms with Crippen LogP contribution in [-0.4, -0.2) is 32.0 Å². The highest BCUT2D eigenvalue weighted by atomic mass is 35.5. The van der Waals surface area contributed by atoms with Crippen LogP contribution in [0.1, 0.15) is 38.3 Å². The molecule has 1 atom stereocenters. The highest BCUT2D eigenvalue weighted by molar-refractivity contribution is 6.74. The molecule has 1 saturated heterocycles. The quantitative estimate of drug-likeness (QED) is 0.364. The molecule has 1 aliphatic heterocycles. The standard InChI is InChI=1S/C24H36NOSi.ClH/c1-24(2,3)27(4,5)26-17-16-23-20-25(23,18-21-12-8-6-9-13-21)19-22-14-10-7-11-15-22;/h6-15,23H,16-20H2,1-5H3;1H/q+1;/p-1/t23-;/m0./s1. The molecular weight excluding hydrogens is 382 g/mol. The maximum Gasteiger partial charge on any atom is 0.191 e. The van der Waals surface area contributed by atoms with E-state index in [1.807, 2.05) is 0 Å². The first-order valence-electron chi connectivity index (χ1n) is 10.3. The zero-order valence-electron chi connectivity index (χ0n) is 18.1. The SMILES string of the molecule is CC(C)(C)[Si](C)(C)OCC[C@H]1C[N+]1(Cc1ccccc1)Cc1ccccc1.[Cl-]. The van der Waals surface area contributed by atoms with Crippen molar-refractivity contribution < 1.29 is 21.3 Å². The van der Waals surface area contributed by atoms with Crippen molar-refractivity contribution in [2.45, 2.75) is 64.5 Å². The number of rotatable bonds is 8. The first kappa shape index (κ1) is 23.1. The van der Waals surface area contributed by atoms with Gasteiger partial charge in [-0.1, -0.05) is 81.4 Å². The molecule has 1 fully saturated rings. The van der Waals surface area contributed by atoms with Gasteiger partial charge in [-0.15, -0.1) is 0 Å². The number of halogens is 1. The summed E-state index contributed by atoms with van der Waals surface area (Å²) in [5, 5.41) is 0.288. The van der Waals surface area contributed by atoms with Crippen molar-refractivity contribution >= 4 is 8.32 Å². The Labute approximate surface area is 179 Å². The van der Waals surface area contributed by atoms with E-state index in [0.717, 1.165) is 25.7 Å². The zero-order valence-corrected chi connectivity index (χ0v) is 19.9. The van der Waals surface area contributed by atoms with Crippen molar-refractivity contribution in [1.82, 2.24) is 0 Å². The van der Waals surface area contributed by atoms with Gasteiger partial charge in [0.1, 0.15) is 25.7 Å². The second-order valence-electron chi connectivity index (χ2n) is 9.74. The molecule has 28 heavy (non-hydrogen) atoms.